The van der Waals surface area contributed by atoms with Crippen molar-refractivity contribution in [1.29, 1.82) is 5.41 Å². The van der Waals surface area contributed by atoms with Crippen molar-refractivity contribution in [2.45, 2.75) is 39.7 Å². The molecular weight excluding hydrogens is 372 g/mol. The van der Waals surface area contributed by atoms with Crippen LogP contribution >= 0.6 is 0 Å². The summed E-state index contributed by atoms with van der Waals surface area (Å²) in [6, 6.07) is 8.97. The number of hydrogen-bond acceptors (Lipinski definition) is 6. The van der Waals surface area contributed by atoms with Gasteiger partial charge in [0, 0.05) is 30.2 Å². The Bertz CT molecular complexity index is 902. The van der Waals surface area contributed by atoms with Crippen molar-refractivity contribution in [3.63, 3.8) is 0 Å². The first-order chi connectivity index (χ1) is 13.6. The zero-order valence-electron chi connectivity index (χ0n) is 17.3. The molecule has 0 saturated carbocycles. The minimum absolute atomic E-state index is 0.288. The summed E-state index contributed by atoms with van der Waals surface area (Å²) in [6.45, 7) is 7.38. The Kier molecular flexibility index (Phi) is 6.93. The van der Waals surface area contributed by atoms with E-state index in [1.807, 2.05) is 19.1 Å². The molecule has 1 aromatic carbocycles. The van der Waals surface area contributed by atoms with E-state index in [-0.39, 0.29) is 5.90 Å². The van der Waals surface area contributed by atoms with Gasteiger partial charge in [0.25, 0.3) is 0 Å². The number of alkyl carbamates (subject to hydrolysis) is 1. The van der Waals surface area contributed by atoms with Gasteiger partial charge < -0.3 is 14.8 Å². The van der Waals surface area contributed by atoms with E-state index in [1.54, 1.807) is 39.0 Å². The Balaban J connectivity index is 2.24. The number of hydrogen-bond donors (Lipinski definition) is 3. The summed E-state index contributed by atoms with van der Waals surface area (Å²) in [5.41, 5.74) is 2.93. The van der Waals surface area contributed by atoms with Crippen LogP contribution in [0.15, 0.2) is 36.5 Å². The number of anilines is 1. The van der Waals surface area contributed by atoms with Crippen LogP contribution in [-0.2, 0) is 15.9 Å². The molecule has 3 N–H and O–H groups in total. The molecule has 0 aliphatic rings. The molecule has 0 fully saturated rings. The van der Waals surface area contributed by atoms with Gasteiger partial charge in [0.15, 0.2) is 0 Å². The normalized spacial score (nSPS) is 10.8. The molecule has 1 heterocycles. The van der Waals surface area contributed by atoms with Gasteiger partial charge in [-0.25, -0.2) is 9.59 Å². The molecule has 8 heteroatoms. The number of carbonyl (C=O) groups is 2. The molecule has 0 bridgehead atoms. The summed E-state index contributed by atoms with van der Waals surface area (Å²) in [7, 11) is 1.42. The van der Waals surface area contributed by atoms with E-state index >= 15 is 0 Å². The number of rotatable bonds is 4. The van der Waals surface area contributed by atoms with Gasteiger partial charge in [-0.3, -0.25) is 15.7 Å². The van der Waals surface area contributed by atoms with Crippen LogP contribution < -0.4 is 10.6 Å². The first kappa shape index (κ1) is 21.9. The monoisotopic (exact) mass is 398 g/mol. The predicted molar refractivity (Wildman–Crippen MR) is 111 cm³/mol. The number of carbonyl (C=O) groups excluding carboxylic acids is 2. The third-order valence-electron chi connectivity index (χ3n) is 3.81. The first-order valence-corrected chi connectivity index (χ1v) is 9.20. The fourth-order valence-electron chi connectivity index (χ4n) is 2.51. The van der Waals surface area contributed by atoms with Crippen LogP contribution in [0.25, 0.3) is 11.1 Å². The molecular formula is C21H26N4O4. The summed E-state index contributed by atoms with van der Waals surface area (Å²) >= 11 is 0. The van der Waals surface area contributed by atoms with Gasteiger partial charge in [-0.1, -0.05) is 19.1 Å². The van der Waals surface area contributed by atoms with E-state index in [2.05, 4.69) is 15.6 Å². The average Bonchev–Trinajstić information content (AvgIpc) is 2.66. The van der Waals surface area contributed by atoms with Crippen molar-refractivity contribution in [2.24, 2.45) is 0 Å². The van der Waals surface area contributed by atoms with E-state index in [9.17, 15) is 9.59 Å². The highest BCUT2D eigenvalue weighted by atomic mass is 16.6. The van der Waals surface area contributed by atoms with Gasteiger partial charge >= 0.3 is 12.2 Å². The topological polar surface area (TPSA) is 113 Å². The number of pyridine rings is 1. The Morgan fingerprint density at radius 2 is 1.79 bits per heavy atom. The fourth-order valence-corrected chi connectivity index (χ4v) is 2.51. The van der Waals surface area contributed by atoms with Crippen molar-refractivity contribution < 1.29 is 19.1 Å². The predicted octanol–water partition coefficient (Wildman–Crippen LogP) is 4.34. The quantitative estimate of drug-likeness (QED) is 0.524. The highest BCUT2D eigenvalue weighted by molar-refractivity contribution is 5.98. The average molecular weight is 398 g/mol. The summed E-state index contributed by atoms with van der Waals surface area (Å²) in [4.78, 5) is 27.6. The third-order valence-corrected chi connectivity index (χ3v) is 3.81. The van der Waals surface area contributed by atoms with Gasteiger partial charge in [-0.2, -0.15) is 0 Å². The lowest BCUT2D eigenvalue weighted by Gasteiger charge is -2.19. The molecule has 2 amide bonds. The van der Waals surface area contributed by atoms with E-state index in [0.29, 0.717) is 17.7 Å². The van der Waals surface area contributed by atoms with Crippen LogP contribution in [0.5, 0.6) is 0 Å². The van der Waals surface area contributed by atoms with Gasteiger partial charge in [-0.15, -0.1) is 0 Å². The maximum absolute atomic E-state index is 11.9. The number of aryl methyl sites for hydroxylation is 1. The first-order valence-electron chi connectivity index (χ1n) is 9.20. The van der Waals surface area contributed by atoms with Crippen molar-refractivity contribution in [3.8, 4) is 11.1 Å². The molecule has 0 unspecified atom stereocenters. The van der Waals surface area contributed by atoms with Gasteiger partial charge in [0.1, 0.15) is 5.60 Å². The molecule has 0 aliphatic carbocycles. The Hall–Kier alpha value is -3.42. The summed E-state index contributed by atoms with van der Waals surface area (Å²) in [6.07, 6.45) is 0.958. The number of benzene rings is 1. The fraction of sp³-hybridized carbons (Fsp3) is 0.333. The smallest absolute Gasteiger partial charge is 0.413 e. The van der Waals surface area contributed by atoms with Crippen LogP contribution in [-0.4, -0.2) is 35.7 Å². The van der Waals surface area contributed by atoms with E-state index in [4.69, 9.17) is 14.9 Å². The molecule has 29 heavy (non-hydrogen) atoms. The molecule has 1 aromatic heterocycles. The highest BCUT2D eigenvalue weighted by Gasteiger charge is 2.17. The second-order valence-electron chi connectivity index (χ2n) is 7.24. The van der Waals surface area contributed by atoms with E-state index in [1.165, 1.54) is 13.2 Å². The third kappa shape index (κ3) is 6.31. The van der Waals surface area contributed by atoms with Crippen LogP contribution in [0.4, 0.5) is 15.3 Å². The zero-order valence-corrected chi connectivity index (χ0v) is 17.3. The minimum atomic E-state index is -0.714. The second-order valence-corrected chi connectivity index (χ2v) is 7.24. The zero-order chi connectivity index (χ0) is 21.6. The molecule has 0 spiro atoms. The van der Waals surface area contributed by atoms with Crippen molar-refractivity contribution in [1.82, 2.24) is 10.3 Å². The Labute approximate surface area is 170 Å². The molecule has 0 aliphatic heterocycles. The number of ether oxygens (including phenoxy) is 2. The van der Waals surface area contributed by atoms with Crippen molar-refractivity contribution in [2.75, 3.05) is 12.4 Å². The lowest BCUT2D eigenvalue weighted by atomic mass is 10.0. The number of nitrogens with zero attached hydrogens (tertiary/aromatic N) is 1. The lowest BCUT2D eigenvalue weighted by molar-refractivity contribution is 0.0636. The largest absolute Gasteiger partial charge is 0.444 e. The Morgan fingerprint density at radius 1 is 1.14 bits per heavy atom. The summed E-state index contributed by atoms with van der Waals surface area (Å²) < 4.78 is 10.1. The number of amides is 2. The summed E-state index contributed by atoms with van der Waals surface area (Å²) in [5, 5.41) is 12.9. The standard InChI is InChI=1S/C21H26N4O4/c1-6-17-16(11-14(12-24-17)18(22)28-19(26)23-5)13-7-9-15(10-8-13)25-20(27)29-21(2,3)4/h7-12,22H,6H2,1-5H3,(H,23,26)(H,25,27). The molecule has 8 nitrogen and oxygen atoms in total. The SMILES string of the molecule is CCc1ncc(C(=N)OC(=O)NC)cc1-c1ccc(NC(=O)OC(C)(C)C)cc1. The number of nitrogens with one attached hydrogen (secondary N) is 3. The molecule has 2 rings (SSSR count). The van der Waals surface area contributed by atoms with Gasteiger partial charge in [0.2, 0.25) is 5.90 Å². The maximum atomic E-state index is 11.9. The van der Waals surface area contributed by atoms with E-state index in [0.717, 1.165) is 16.8 Å². The van der Waals surface area contributed by atoms with Gasteiger partial charge in [0.05, 0.1) is 5.56 Å². The molecule has 0 radical (unpaired) electrons. The maximum Gasteiger partial charge on any atom is 0.413 e. The molecule has 0 atom stereocenters. The molecule has 0 saturated heterocycles. The highest BCUT2D eigenvalue weighted by Crippen LogP contribution is 2.26. The Morgan fingerprint density at radius 3 is 2.34 bits per heavy atom. The van der Waals surface area contributed by atoms with Crippen molar-refractivity contribution >= 4 is 23.8 Å². The van der Waals surface area contributed by atoms with Crippen LogP contribution in [0.2, 0.25) is 0 Å². The second kappa shape index (κ2) is 9.18. The molecule has 154 valence electrons. The van der Waals surface area contributed by atoms with Crippen LogP contribution in [0.3, 0.4) is 0 Å². The van der Waals surface area contributed by atoms with E-state index < -0.39 is 17.8 Å². The van der Waals surface area contributed by atoms with Crippen LogP contribution in [0, 0.1) is 5.41 Å². The van der Waals surface area contributed by atoms with Crippen LogP contribution in [0.1, 0.15) is 39.0 Å². The summed E-state index contributed by atoms with van der Waals surface area (Å²) in [5.74, 6) is -0.288. The number of aromatic nitrogens is 1. The van der Waals surface area contributed by atoms with Gasteiger partial charge in [-0.05, 0) is 51.0 Å². The minimum Gasteiger partial charge on any atom is -0.444 e. The lowest BCUT2D eigenvalue weighted by Crippen LogP contribution is -2.27. The molecule has 2 aromatic rings. The van der Waals surface area contributed by atoms with Crippen molar-refractivity contribution in [3.05, 3.63) is 47.8 Å².